The average molecular weight is 190 g/mol. The lowest BCUT2D eigenvalue weighted by molar-refractivity contribution is -0.115. The summed E-state index contributed by atoms with van der Waals surface area (Å²) in [5, 5.41) is 2.81. The number of rotatable bonds is 0. The van der Waals surface area contributed by atoms with Gasteiger partial charge >= 0.3 is 0 Å². The molecule has 2 rings (SSSR count). The van der Waals surface area contributed by atoms with Crippen LogP contribution in [0.25, 0.3) is 0 Å². The smallest absolute Gasteiger partial charge is 0.230 e. The van der Waals surface area contributed by atoms with E-state index in [4.69, 9.17) is 0 Å². The molecule has 1 aliphatic heterocycles. The summed E-state index contributed by atoms with van der Waals surface area (Å²) in [7, 11) is 0. The minimum Gasteiger partial charge on any atom is -0.324 e. The van der Waals surface area contributed by atoms with E-state index in [2.05, 4.69) is 31.1 Å². The SMILES string of the molecule is CC(C)(C)c1cnc2c(c1)NC(=O)C2. The lowest BCUT2D eigenvalue weighted by Gasteiger charge is -2.18. The topological polar surface area (TPSA) is 42.0 Å². The Labute approximate surface area is 83.5 Å². The molecule has 0 saturated carbocycles. The summed E-state index contributed by atoms with van der Waals surface area (Å²) in [5.41, 5.74) is 2.97. The zero-order valence-corrected chi connectivity index (χ0v) is 8.72. The fraction of sp³-hybridized carbons (Fsp3) is 0.455. The molecule has 0 spiro atoms. The van der Waals surface area contributed by atoms with Crippen LogP contribution in [0.4, 0.5) is 5.69 Å². The van der Waals surface area contributed by atoms with Gasteiger partial charge in [0.2, 0.25) is 5.91 Å². The van der Waals surface area contributed by atoms with Crippen molar-refractivity contribution in [3.05, 3.63) is 23.5 Å². The molecule has 3 nitrogen and oxygen atoms in total. The van der Waals surface area contributed by atoms with Crippen molar-refractivity contribution in [2.45, 2.75) is 32.6 Å². The summed E-state index contributed by atoms with van der Waals surface area (Å²) in [6.07, 6.45) is 2.28. The number of anilines is 1. The molecule has 0 atom stereocenters. The molecule has 0 unspecified atom stereocenters. The first kappa shape index (κ1) is 9.19. The number of carbonyl (C=O) groups is 1. The van der Waals surface area contributed by atoms with Gasteiger partial charge in [-0.05, 0) is 17.0 Å². The predicted molar refractivity (Wildman–Crippen MR) is 55.3 cm³/mol. The Kier molecular flexibility index (Phi) is 1.84. The second-order valence-electron chi connectivity index (χ2n) is 4.69. The van der Waals surface area contributed by atoms with Crippen LogP contribution in [0.15, 0.2) is 12.3 Å². The van der Waals surface area contributed by atoms with E-state index in [1.165, 1.54) is 0 Å². The monoisotopic (exact) mass is 190 g/mol. The number of fused-ring (bicyclic) bond motifs is 1. The number of nitrogens with one attached hydrogen (secondary N) is 1. The van der Waals surface area contributed by atoms with E-state index < -0.39 is 0 Å². The van der Waals surface area contributed by atoms with Gasteiger partial charge in [0.1, 0.15) is 0 Å². The average Bonchev–Trinajstić information content (AvgIpc) is 2.41. The standard InChI is InChI=1S/C11H14N2O/c1-11(2,3)7-4-9-8(12-6-7)5-10(14)13-9/h4,6H,5H2,1-3H3,(H,13,14). The number of pyridine rings is 1. The molecule has 0 aromatic carbocycles. The molecule has 1 aromatic rings. The van der Waals surface area contributed by atoms with E-state index in [0.29, 0.717) is 6.42 Å². The molecule has 14 heavy (non-hydrogen) atoms. The lowest BCUT2D eigenvalue weighted by Crippen LogP contribution is -2.12. The number of carbonyl (C=O) groups excluding carboxylic acids is 1. The van der Waals surface area contributed by atoms with Crippen molar-refractivity contribution < 1.29 is 4.79 Å². The first-order chi connectivity index (χ1) is 6.47. The first-order valence-corrected chi connectivity index (χ1v) is 4.76. The van der Waals surface area contributed by atoms with Crippen molar-refractivity contribution >= 4 is 11.6 Å². The number of hydrogen-bond acceptors (Lipinski definition) is 2. The van der Waals surface area contributed by atoms with E-state index in [-0.39, 0.29) is 11.3 Å². The van der Waals surface area contributed by atoms with Crippen LogP contribution in [0.2, 0.25) is 0 Å². The van der Waals surface area contributed by atoms with Gasteiger partial charge in [-0.3, -0.25) is 9.78 Å². The molecule has 0 saturated heterocycles. The van der Waals surface area contributed by atoms with Crippen LogP contribution < -0.4 is 5.32 Å². The second kappa shape index (κ2) is 2.80. The summed E-state index contributed by atoms with van der Waals surface area (Å²) in [4.78, 5) is 15.4. The molecule has 1 amide bonds. The molecule has 0 bridgehead atoms. The zero-order valence-electron chi connectivity index (χ0n) is 8.72. The summed E-state index contributed by atoms with van der Waals surface area (Å²) in [6, 6.07) is 2.02. The van der Waals surface area contributed by atoms with Gasteiger partial charge in [0.15, 0.2) is 0 Å². The molecule has 3 heteroatoms. The molecular formula is C11H14N2O. The Balaban J connectivity index is 2.43. The largest absolute Gasteiger partial charge is 0.324 e. The molecule has 1 aromatic heterocycles. The highest BCUT2D eigenvalue weighted by molar-refractivity contribution is 5.98. The van der Waals surface area contributed by atoms with Gasteiger partial charge in [-0.25, -0.2) is 0 Å². The van der Waals surface area contributed by atoms with Gasteiger partial charge in [0.25, 0.3) is 0 Å². The maximum absolute atomic E-state index is 11.1. The van der Waals surface area contributed by atoms with E-state index >= 15 is 0 Å². The summed E-state index contributed by atoms with van der Waals surface area (Å²) in [5.74, 6) is 0.0403. The van der Waals surface area contributed by atoms with Crippen molar-refractivity contribution in [1.82, 2.24) is 4.98 Å². The highest BCUT2D eigenvalue weighted by Crippen LogP contribution is 2.28. The Morgan fingerprint density at radius 2 is 2.14 bits per heavy atom. The number of nitrogens with zero attached hydrogens (tertiary/aromatic N) is 1. The third-order valence-corrected chi connectivity index (χ3v) is 2.44. The molecule has 2 heterocycles. The molecular weight excluding hydrogens is 176 g/mol. The van der Waals surface area contributed by atoms with Gasteiger partial charge in [-0.1, -0.05) is 20.8 Å². The van der Waals surface area contributed by atoms with Crippen molar-refractivity contribution in [2.75, 3.05) is 5.32 Å². The number of amides is 1. The Bertz CT molecular complexity index is 391. The first-order valence-electron chi connectivity index (χ1n) is 4.76. The van der Waals surface area contributed by atoms with E-state index in [1.54, 1.807) is 0 Å². The highest BCUT2D eigenvalue weighted by atomic mass is 16.1. The Morgan fingerprint density at radius 1 is 1.43 bits per heavy atom. The van der Waals surface area contributed by atoms with E-state index in [9.17, 15) is 4.79 Å². The molecule has 0 radical (unpaired) electrons. The van der Waals surface area contributed by atoms with Gasteiger partial charge in [-0.15, -0.1) is 0 Å². The van der Waals surface area contributed by atoms with Crippen LogP contribution in [-0.4, -0.2) is 10.9 Å². The van der Waals surface area contributed by atoms with Gasteiger partial charge in [0.05, 0.1) is 17.8 Å². The van der Waals surface area contributed by atoms with Crippen LogP contribution in [0.5, 0.6) is 0 Å². The van der Waals surface area contributed by atoms with Gasteiger partial charge in [0, 0.05) is 6.20 Å². The number of aromatic nitrogens is 1. The minimum atomic E-state index is 0.0403. The van der Waals surface area contributed by atoms with Crippen molar-refractivity contribution in [3.8, 4) is 0 Å². The maximum atomic E-state index is 11.1. The molecule has 0 aliphatic carbocycles. The van der Waals surface area contributed by atoms with Crippen molar-refractivity contribution in [2.24, 2.45) is 0 Å². The molecule has 74 valence electrons. The predicted octanol–water partition coefficient (Wildman–Crippen LogP) is 1.87. The molecule has 1 N–H and O–H groups in total. The van der Waals surface area contributed by atoms with Crippen LogP contribution in [-0.2, 0) is 16.6 Å². The third kappa shape index (κ3) is 1.50. The second-order valence-corrected chi connectivity index (χ2v) is 4.69. The minimum absolute atomic E-state index is 0.0403. The van der Waals surface area contributed by atoms with E-state index in [1.807, 2.05) is 12.3 Å². The van der Waals surface area contributed by atoms with Gasteiger partial charge < -0.3 is 5.32 Å². The fourth-order valence-corrected chi connectivity index (χ4v) is 1.50. The normalized spacial score (nSPS) is 15.2. The summed E-state index contributed by atoms with van der Waals surface area (Å²) < 4.78 is 0. The van der Waals surface area contributed by atoms with E-state index in [0.717, 1.165) is 16.9 Å². The third-order valence-electron chi connectivity index (χ3n) is 2.44. The molecule has 1 aliphatic rings. The Morgan fingerprint density at radius 3 is 2.79 bits per heavy atom. The summed E-state index contributed by atoms with van der Waals surface area (Å²) in [6.45, 7) is 6.40. The van der Waals surface area contributed by atoms with Crippen LogP contribution >= 0.6 is 0 Å². The summed E-state index contributed by atoms with van der Waals surface area (Å²) >= 11 is 0. The van der Waals surface area contributed by atoms with Crippen molar-refractivity contribution in [3.63, 3.8) is 0 Å². The fourth-order valence-electron chi connectivity index (χ4n) is 1.50. The number of hydrogen-bond donors (Lipinski definition) is 1. The van der Waals surface area contributed by atoms with Gasteiger partial charge in [-0.2, -0.15) is 0 Å². The molecule has 0 fully saturated rings. The lowest BCUT2D eigenvalue weighted by atomic mass is 9.88. The highest BCUT2D eigenvalue weighted by Gasteiger charge is 2.22. The van der Waals surface area contributed by atoms with Crippen LogP contribution in [0.3, 0.4) is 0 Å². The quantitative estimate of drug-likeness (QED) is 0.678. The van der Waals surface area contributed by atoms with Crippen molar-refractivity contribution in [1.29, 1.82) is 0 Å². The zero-order chi connectivity index (χ0) is 10.3. The maximum Gasteiger partial charge on any atom is 0.230 e. The van der Waals surface area contributed by atoms with Crippen LogP contribution in [0, 0.1) is 0 Å². The Hall–Kier alpha value is -1.38. The van der Waals surface area contributed by atoms with Crippen LogP contribution in [0.1, 0.15) is 32.0 Å².